The van der Waals surface area contributed by atoms with Crippen molar-refractivity contribution in [2.45, 2.75) is 40.0 Å². The predicted molar refractivity (Wildman–Crippen MR) is 88.8 cm³/mol. The molecule has 1 aromatic heterocycles. The van der Waals surface area contributed by atoms with Crippen LogP contribution in [0, 0.1) is 6.92 Å². The van der Waals surface area contributed by atoms with Gasteiger partial charge in [0, 0.05) is 11.3 Å². The van der Waals surface area contributed by atoms with Crippen LogP contribution < -0.4 is 10.7 Å². The minimum absolute atomic E-state index is 0.240. The van der Waals surface area contributed by atoms with E-state index in [0.29, 0.717) is 6.61 Å². The smallest absolute Gasteiger partial charge is 0.316 e. The second-order valence-corrected chi connectivity index (χ2v) is 5.80. The molecular formula is C14H21N5O2S. The highest BCUT2D eigenvalue weighted by atomic mass is 32.2. The third-order valence-corrected chi connectivity index (χ3v) is 4.03. The van der Waals surface area contributed by atoms with E-state index in [1.54, 1.807) is 11.9 Å². The van der Waals surface area contributed by atoms with Crippen LogP contribution in [0.15, 0.2) is 5.10 Å². The van der Waals surface area contributed by atoms with Gasteiger partial charge in [-0.05, 0) is 26.7 Å². The second kappa shape index (κ2) is 7.44. The van der Waals surface area contributed by atoms with Gasteiger partial charge in [-0.15, -0.1) is 5.10 Å². The molecule has 0 saturated heterocycles. The van der Waals surface area contributed by atoms with Gasteiger partial charge in [0.2, 0.25) is 11.1 Å². The van der Waals surface area contributed by atoms with Crippen molar-refractivity contribution in [1.82, 2.24) is 9.97 Å². The van der Waals surface area contributed by atoms with Gasteiger partial charge in [-0.2, -0.15) is 9.99 Å². The molecule has 120 valence electrons. The van der Waals surface area contributed by atoms with Crippen LogP contribution in [0.5, 0.6) is 0 Å². The van der Waals surface area contributed by atoms with Gasteiger partial charge in [-0.1, -0.05) is 25.1 Å². The Morgan fingerprint density at radius 2 is 2.14 bits per heavy atom. The Balaban J connectivity index is 2.03. The topological polar surface area (TPSA) is 93.5 Å². The fraction of sp³-hybridized carbons (Fsp3) is 0.571. The van der Waals surface area contributed by atoms with Gasteiger partial charge < -0.3 is 10.5 Å². The lowest BCUT2D eigenvalue weighted by Crippen LogP contribution is -2.13. The highest BCUT2D eigenvalue weighted by Crippen LogP contribution is 2.33. The molecule has 0 radical (unpaired) electrons. The van der Waals surface area contributed by atoms with Gasteiger partial charge in [-0.25, -0.2) is 4.98 Å². The molecule has 0 amide bonds. The van der Waals surface area contributed by atoms with Gasteiger partial charge in [0.05, 0.1) is 12.4 Å². The van der Waals surface area contributed by atoms with Crippen molar-refractivity contribution in [3.8, 4) is 0 Å². The Bertz CT molecular complexity index is 591. The molecule has 0 unspecified atom stereocenters. The van der Waals surface area contributed by atoms with Crippen LogP contribution in [0.1, 0.15) is 37.9 Å². The van der Waals surface area contributed by atoms with E-state index in [0.717, 1.165) is 41.5 Å². The van der Waals surface area contributed by atoms with Crippen LogP contribution in [-0.4, -0.2) is 33.5 Å². The first-order chi connectivity index (χ1) is 10.6. The van der Waals surface area contributed by atoms with Crippen LogP contribution in [0.4, 0.5) is 11.8 Å². The third kappa shape index (κ3) is 4.09. The number of hydrogen-bond donors (Lipinski definition) is 1. The summed E-state index contributed by atoms with van der Waals surface area (Å²) in [5.41, 5.74) is 7.69. The molecule has 2 rings (SSSR count). The molecule has 22 heavy (non-hydrogen) atoms. The third-order valence-electron chi connectivity index (χ3n) is 3.14. The summed E-state index contributed by atoms with van der Waals surface area (Å²) in [6, 6.07) is 0. The van der Waals surface area contributed by atoms with Crippen molar-refractivity contribution in [2.24, 2.45) is 5.10 Å². The van der Waals surface area contributed by atoms with E-state index in [1.165, 1.54) is 11.8 Å². The lowest BCUT2D eigenvalue weighted by atomic mass is 10.1. The summed E-state index contributed by atoms with van der Waals surface area (Å²) in [6.45, 7) is 6.25. The van der Waals surface area contributed by atoms with Crippen molar-refractivity contribution in [1.29, 1.82) is 0 Å². The number of aromatic nitrogens is 2. The summed E-state index contributed by atoms with van der Waals surface area (Å²) in [7, 11) is 0. The number of anilines is 2. The molecule has 0 aliphatic carbocycles. The highest BCUT2D eigenvalue weighted by Gasteiger charge is 2.31. The van der Waals surface area contributed by atoms with Gasteiger partial charge in [0.25, 0.3) is 0 Å². The van der Waals surface area contributed by atoms with E-state index in [-0.39, 0.29) is 17.7 Å². The van der Waals surface area contributed by atoms with Crippen LogP contribution >= 0.6 is 11.8 Å². The summed E-state index contributed by atoms with van der Waals surface area (Å²) < 4.78 is 4.90. The molecule has 0 atom stereocenters. The molecule has 0 fully saturated rings. The fourth-order valence-corrected chi connectivity index (χ4v) is 2.72. The maximum atomic E-state index is 11.4. The number of rotatable bonds is 7. The largest absolute Gasteiger partial charge is 0.465 e. The fourth-order valence-electron chi connectivity index (χ4n) is 2.04. The Morgan fingerprint density at radius 1 is 1.36 bits per heavy atom. The molecule has 0 aromatic carbocycles. The summed E-state index contributed by atoms with van der Waals surface area (Å²) in [5.74, 6) is 0.966. The summed E-state index contributed by atoms with van der Waals surface area (Å²) in [5, 5.41) is 6.74. The standard InChI is InChI=1S/C14H21N5O2S/c1-4-6-7-10-9(3)16-13(15)17-12(10)19-14(18-19)22-8-11(20)21-5-2/h4-8H2,1-3H3,(H2,15,16,17). The van der Waals surface area contributed by atoms with Gasteiger partial charge in [-0.3, -0.25) is 4.79 Å². The first-order valence-electron chi connectivity index (χ1n) is 7.36. The van der Waals surface area contributed by atoms with Crippen molar-refractivity contribution in [3.63, 3.8) is 0 Å². The van der Waals surface area contributed by atoms with Crippen LogP contribution in [-0.2, 0) is 16.0 Å². The Morgan fingerprint density at radius 3 is 2.82 bits per heavy atom. The minimum atomic E-state index is -0.244. The van der Waals surface area contributed by atoms with Crippen molar-refractivity contribution in [3.05, 3.63) is 11.3 Å². The number of carbonyl (C=O) groups is 1. The Hall–Kier alpha value is -1.83. The number of nitrogens with two attached hydrogens (primary N) is 1. The van der Waals surface area contributed by atoms with E-state index in [4.69, 9.17) is 10.5 Å². The zero-order chi connectivity index (χ0) is 16.1. The number of carbonyl (C=O) groups excluding carboxylic acids is 1. The predicted octanol–water partition coefficient (Wildman–Crippen LogP) is 2.10. The maximum absolute atomic E-state index is 11.4. The van der Waals surface area contributed by atoms with E-state index in [2.05, 4.69) is 22.0 Å². The van der Waals surface area contributed by atoms with Gasteiger partial charge in [0.1, 0.15) is 0 Å². The maximum Gasteiger partial charge on any atom is 0.316 e. The molecule has 1 aromatic rings. The van der Waals surface area contributed by atoms with Gasteiger partial charge in [0.15, 0.2) is 5.82 Å². The molecule has 7 nitrogen and oxygen atoms in total. The average Bonchev–Trinajstić information content (AvgIpc) is 3.23. The van der Waals surface area contributed by atoms with Crippen molar-refractivity contribution in [2.75, 3.05) is 23.1 Å². The van der Waals surface area contributed by atoms with Crippen LogP contribution in [0.3, 0.4) is 0 Å². The highest BCUT2D eigenvalue weighted by molar-refractivity contribution is 8.15. The molecular weight excluding hydrogens is 302 g/mol. The summed E-state index contributed by atoms with van der Waals surface area (Å²) in [6.07, 6.45) is 3.04. The number of ether oxygens (including phenoxy) is 1. The quantitative estimate of drug-likeness (QED) is 0.768. The number of hydrazone groups is 1. The minimum Gasteiger partial charge on any atom is -0.465 e. The lowest BCUT2D eigenvalue weighted by molar-refractivity contribution is -0.139. The van der Waals surface area contributed by atoms with Gasteiger partial charge >= 0.3 is 5.97 Å². The Labute approximate surface area is 134 Å². The van der Waals surface area contributed by atoms with Crippen molar-refractivity contribution >= 4 is 34.7 Å². The zero-order valence-corrected chi connectivity index (χ0v) is 13.9. The first-order valence-corrected chi connectivity index (χ1v) is 8.35. The molecule has 0 spiro atoms. The molecule has 2 N–H and O–H groups in total. The number of aryl methyl sites for hydroxylation is 1. The first kappa shape index (κ1) is 16.5. The normalized spacial score (nSPS) is 13.0. The molecule has 2 heterocycles. The van der Waals surface area contributed by atoms with E-state index in [9.17, 15) is 4.79 Å². The molecule has 0 saturated carbocycles. The molecule has 1 aliphatic rings. The van der Waals surface area contributed by atoms with E-state index >= 15 is 0 Å². The number of hydrogen-bond acceptors (Lipinski definition) is 8. The summed E-state index contributed by atoms with van der Waals surface area (Å²) >= 11 is 1.34. The number of nitrogens with zero attached hydrogens (tertiary/aromatic N) is 4. The number of esters is 1. The average molecular weight is 323 g/mol. The lowest BCUT2D eigenvalue weighted by Gasteiger charge is -2.12. The molecule has 1 aliphatic heterocycles. The zero-order valence-electron chi connectivity index (χ0n) is 13.1. The second-order valence-electron chi connectivity index (χ2n) is 4.86. The van der Waals surface area contributed by atoms with Crippen LogP contribution in [0.2, 0.25) is 0 Å². The number of amidine groups is 1. The van der Waals surface area contributed by atoms with E-state index in [1.807, 2.05) is 6.92 Å². The number of thioether (sulfide) groups is 1. The summed E-state index contributed by atoms with van der Waals surface area (Å²) in [4.78, 5) is 19.9. The Kier molecular flexibility index (Phi) is 5.59. The van der Waals surface area contributed by atoms with Crippen LogP contribution in [0.25, 0.3) is 0 Å². The molecule has 0 bridgehead atoms. The van der Waals surface area contributed by atoms with Crippen molar-refractivity contribution < 1.29 is 9.53 Å². The molecule has 8 heteroatoms. The monoisotopic (exact) mass is 323 g/mol. The SMILES string of the molecule is CCCCc1c(C)nc(N)nc1N1N=C1SCC(=O)OCC. The number of nitrogen functional groups attached to an aromatic ring is 1. The number of unbranched alkanes of at least 4 members (excludes halogenated alkanes) is 1. The van der Waals surface area contributed by atoms with E-state index < -0.39 is 0 Å².